The molecule has 5 rings (SSSR count). The molecular weight excluding hydrogens is 510 g/mol. The van der Waals surface area contributed by atoms with Crippen LogP contribution in [0.1, 0.15) is 49.2 Å². The van der Waals surface area contributed by atoms with Crippen molar-refractivity contribution < 1.29 is 24.2 Å². The number of nitrogens with one attached hydrogen (secondary N) is 3. The van der Waals surface area contributed by atoms with E-state index >= 15 is 0 Å². The van der Waals surface area contributed by atoms with Crippen molar-refractivity contribution >= 4 is 41.1 Å². The number of carbonyl (C=O) groups excluding carboxylic acids is 2. The number of cyclic esters (lactones) is 1. The number of hydrogen-bond donors (Lipinski definition) is 4. The van der Waals surface area contributed by atoms with Gasteiger partial charge in [-0.3, -0.25) is 15.0 Å². The Labute approximate surface area is 223 Å². The molecule has 0 unspecified atom stereocenters. The first-order chi connectivity index (χ1) is 18.4. The molecule has 2 bridgehead atoms. The highest BCUT2D eigenvalue weighted by Gasteiger charge is 2.35. The monoisotopic (exact) mass is 535 g/mol. The number of aromatic nitrogens is 2. The fourth-order valence-corrected chi connectivity index (χ4v) is 4.89. The maximum absolute atomic E-state index is 13.2. The van der Waals surface area contributed by atoms with Crippen LogP contribution in [0.15, 0.2) is 60.8 Å². The minimum atomic E-state index is -1.21. The second-order valence-corrected chi connectivity index (χ2v) is 9.52. The van der Waals surface area contributed by atoms with Crippen LogP contribution in [0.25, 0.3) is 11.3 Å². The summed E-state index contributed by atoms with van der Waals surface area (Å²) in [6.07, 6.45) is 5.35. The zero-order valence-corrected chi connectivity index (χ0v) is 21.1. The maximum atomic E-state index is 13.2. The number of carbonyl (C=O) groups is 3. The Morgan fingerprint density at radius 2 is 2.05 bits per heavy atom. The van der Waals surface area contributed by atoms with Gasteiger partial charge in [0.15, 0.2) is 0 Å². The van der Waals surface area contributed by atoms with Gasteiger partial charge in [0, 0.05) is 41.9 Å². The first-order valence-corrected chi connectivity index (χ1v) is 12.6. The van der Waals surface area contributed by atoms with Gasteiger partial charge in [-0.1, -0.05) is 35.9 Å². The molecule has 1 aromatic heterocycles. The summed E-state index contributed by atoms with van der Waals surface area (Å²) >= 11 is 6.12. The van der Waals surface area contributed by atoms with Crippen LogP contribution in [0.2, 0.25) is 5.02 Å². The Hall–Kier alpha value is -4.31. The predicted molar refractivity (Wildman–Crippen MR) is 142 cm³/mol. The third kappa shape index (κ3) is 5.65. The molecule has 2 aromatic carbocycles. The number of rotatable bonds is 3. The normalized spacial score (nSPS) is 19.8. The van der Waals surface area contributed by atoms with Gasteiger partial charge in [-0.25, -0.2) is 14.6 Å². The molecule has 3 heterocycles. The number of H-pyrrole nitrogens is 1. The van der Waals surface area contributed by atoms with Crippen molar-refractivity contribution in [1.82, 2.24) is 14.9 Å². The van der Waals surface area contributed by atoms with E-state index in [0.717, 1.165) is 5.56 Å². The molecule has 0 spiro atoms. The van der Waals surface area contributed by atoms with Gasteiger partial charge in [0.1, 0.15) is 11.9 Å². The van der Waals surface area contributed by atoms with Gasteiger partial charge in [-0.15, -0.1) is 0 Å². The van der Waals surface area contributed by atoms with Gasteiger partial charge in [-0.2, -0.15) is 0 Å². The highest BCUT2D eigenvalue weighted by molar-refractivity contribution is 6.30. The van der Waals surface area contributed by atoms with E-state index in [2.05, 4.69) is 15.6 Å². The average molecular weight is 536 g/mol. The quantitative estimate of drug-likeness (QED) is 0.298. The first kappa shape index (κ1) is 25.3. The summed E-state index contributed by atoms with van der Waals surface area (Å²) in [5.74, 6) is 0.369. The molecule has 0 aliphatic carbocycles. The van der Waals surface area contributed by atoms with Gasteiger partial charge in [0.25, 0.3) is 0 Å². The summed E-state index contributed by atoms with van der Waals surface area (Å²) in [5, 5.41) is 14.8. The molecular formula is C27H26ClN5O5. The van der Waals surface area contributed by atoms with Gasteiger partial charge >= 0.3 is 12.2 Å². The van der Waals surface area contributed by atoms with Crippen LogP contribution < -0.4 is 10.6 Å². The number of ether oxygens (including phenoxy) is 1. The second-order valence-electron chi connectivity index (χ2n) is 9.08. The number of halogens is 1. The Kier molecular flexibility index (Phi) is 7.32. The lowest BCUT2D eigenvalue weighted by Gasteiger charge is -2.36. The average Bonchev–Trinajstić information content (AvgIpc) is 3.36. The van der Waals surface area contributed by atoms with Crippen molar-refractivity contribution in [3.05, 3.63) is 77.2 Å². The van der Waals surface area contributed by atoms with Gasteiger partial charge < -0.3 is 20.1 Å². The SMILES string of the molecule is O=C(O)Nc1ccc2c(c1)NC(=O)CCC=CC[C@H](N1CC[C@H](c3cccc(Cl)c3)OC1=O)c1nc-2c[nH]1. The van der Waals surface area contributed by atoms with Crippen LogP contribution in [0, 0.1) is 0 Å². The first-order valence-electron chi connectivity index (χ1n) is 12.2. The molecule has 1 fully saturated rings. The van der Waals surface area contributed by atoms with Gasteiger partial charge in [0.2, 0.25) is 5.91 Å². The van der Waals surface area contributed by atoms with Crippen molar-refractivity contribution in [1.29, 1.82) is 0 Å². The van der Waals surface area contributed by atoms with Crippen LogP contribution in [-0.4, -0.2) is 44.6 Å². The Morgan fingerprint density at radius 1 is 1.18 bits per heavy atom. The summed E-state index contributed by atoms with van der Waals surface area (Å²) in [7, 11) is 0. The minimum Gasteiger partial charge on any atom is -0.465 e. The van der Waals surface area contributed by atoms with E-state index in [1.54, 1.807) is 41.4 Å². The maximum Gasteiger partial charge on any atom is 0.411 e. The number of hydrogen-bond acceptors (Lipinski definition) is 5. The van der Waals surface area contributed by atoms with E-state index in [1.807, 2.05) is 24.3 Å². The van der Waals surface area contributed by atoms with E-state index in [1.165, 1.54) is 0 Å². The number of nitrogens with zero attached hydrogens (tertiary/aromatic N) is 2. The molecule has 11 heteroatoms. The van der Waals surface area contributed by atoms with Gasteiger partial charge in [0.05, 0.1) is 17.4 Å². The van der Waals surface area contributed by atoms with Crippen molar-refractivity contribution in [2.45, 2.75) is 37.8 Å². The summed E-state index contributed by atoms with van der Waals surface area (Å²) in [6, 6.07) is 11.8. The summed E-state index contributed by atoms with van der Waals surface area (Å²) < 4.78 is 5.80. The number of benzene rings is 2. The Bertz CT molecular complexity index is 1400. The molecule has 3 aromatic rings. The van der Waals surface area contributed by atoms with Crippen LogP contribution in [-0.2, 0) is 9.53 Å². The fourth-order valence-electron chi connectivity index (χ4n) is 4.69. The van der Waals surface area contributed by atoms with Crippen molar-refractivity contribution in [2.75, 3.05) is 17.2 Å². The lowest BCUT2D eigenvalue weighted by molar-refractivity contribution is -0.116. The van der Waals surface area contributed by atoms with Crippen molar-refractivity contribution in [3.8, 4) is 11.3 Å². The van der Waals surface area contributed by atoms with Crippen LogP contribution in [0.3, 0.4) is 0 Å². The molecule has 0 saturated carbocycles. The Balaban J connectivity index is 1.44. The largest absolute Gasteiger partial charge is 0.465 e. The van der Waals surface area contributed by atoms with Crippen LogP contribution in [0.5, 0.6) is 0 Å². The number of carboxylic acid groups (broad SMARTS) is 1. The molecule has 3 amide bonds. The summed E-state index contributed by atoms with van der Waals surface area (Å²) in [6.45, 7) is 0.464. The zero-order valence-electron chi connectivity index (χ0n) is 20.3. The number of imidazole rings is 1. The number of amides is 3. The third-order valence-electron chi connectivity index (χ3n) is 6.50. The molecule has 38 heavy (non-hydrogen) atoms. The van der Waals surface area contributed by atoms with Crippen LogP contribution >= 0.6 is 11.6 Å². The minimum absolute atomic E-state index is 0.207. The lowest BCUT2D eigenvalue weighted by atomic mass is 10.0. The van der Waals surface area contributed by atoms with E-state index < -0.39 is 18.2 Å². The third-order valence-corrected chi connectivity index (χ3v) is 6.74. The standard InChI is InChI=1S/C27H26ClN5O5/c28-17-6-4-5-16(13-17)23-11-12-33(27(37)38-23)22-7-2-1-3-8-24(34)31-20-14-18(30-26(35)36)9-10-19(20)21-15-29-25(22)32-21/h1-2,4-6,9-10,13-15,22-23,30H,3,7-8,11-12H2,(H,29,32)(H,31,34)(H,35,36)/t22-,23+/m0/s1. The number of fused-ring (bicyclic) bond motifs is 4. The van der Waals surface area contributed by atoms with Crippen LogP contribution in [0.4, 0.5) is 21.0 Å². The highest BCUT2D eigenvalue weighted by Crippen LogP contribution is 2.36. The van der Waals surface area contributed by atoms with E-state index in [4.69, 9.17) is 26.4 Å². The van der Waals surface area contributed by atoms with E-state index in [0.29, 0.717) is 59.3 Å². The molecule has 2 aliphatic rings. The van der Waals surface area contributed by atoms with Gasteiger partial charge in [-0.05, 0) is 48.7 Å². The van der Waals surface area contributed by atoms with Crippen molar-refractivity contribution in [2.24, 2.45) is 0 Å². The Morgan fingerprint density at radius 3 is 2.84 bits per heavy atom. The predicted octanol–water partition coefficient (Wildman–Crippen LogP) is 6.12. The highest BCUT2D eigenvalue weighted by atomic mass is 35.5. The molecule has 2 aliphatic heterocycles. The molecule has 196 valence electrons. The number of anilines is 2. The zero-order chi connectivity index (χ0) is 26.6. The van der Waals surface area contributed by atoms with E-state index in [9.17, 15) is 14.4 Å². The topological polar surface area (TPSA) is 137 Å². The smallest absolute Gasteiger partial charge is 0.411 e. The molecule has 10 nitrogen and oxygen atoms in total. The summed E-state index contributed by atoms with van der Waals surface area (Å²) in [5.41, 5.74) is 2.77. The fraction of sp³-hybridized carbons (Fsp3) is 0.259. The van der Waals surface area contributed by atoms with Crippen molar-refractivity contribution in [3.63, 3.8) is 0 Å². The van der Waals surface area contributed by atoms with E-state index in [-0.39, 0.29) is 18.4 Å². The molecule has 2 atom stereocenters. The number of allylic oxidation sites excluding steroid dienone is 1. The summed E-state index contributed by atoms with van der Waals surface area (Å²) in [4.78, 5) is 46.5. The second kappa shape index (κ2) is 11.0. The molecule has 4 N–H and O–H groups in total. The molecule has 0 radical (unpaired) electrons. The molecule has 1 saturated heterocycles. The number of aromatic amines is 1. The lowest BCUT2D eigenvalue weighted by Crippen LogP contribution is -2.41.